The van der Waals surface area contributed by atoms with E-state index in [2.05, 4.69) is 18.2 Å². The first-order valence-corrected chi connectivity index (χ1v) is 5.37. The summed E-state index contributed by atoms with van der Waals surface area (Å²) in [7, 11) is 0. The van der Waals surface area contributed by atoms with E-state index in [9.17, 15) is 4.79 Å². The van der Waals surface area contributed by atoms with Crippen molar-refractivity contribution in [3.8, 4) is 0 Å². The Morgan fingerprint density at radius 3 is 2.60 bits per heavy atom. The van der Waals surface area contributed by atoms with Gasteiger partial charge >= 0.3 is 0 Å². The molecule has 15 heavy (non-hydrogen) atoms. The van der Waals surface area contributed by atoms with Crippen LogP contribution in [0.4, 0.5) is 0 Å². The molecular formula is C14H12O. The monoisotopic (exact) mass is 196 g/mol. The Labute approximate surface area is 88.7 Å². The van der Waals surface area contributed by atoms with E-state index in [-0.39, 0.29) is 0 Å². The molecule has 1 nitrogen and oxygen atoms in total. The van der Waals surface area contributed by atoms with Gasteiger partial charge in [0.15, 0.2) is 6.29 Å². The molecule has 2 aromatic carbocycles. The first-order valence-electron chi connectivity index (χ1n) is 5.37. The fourth-order valence-electron chi connectivity index (χ4n) is 2.19. The quantitative estimate of drug-likeness (QED) is 0.671. The average Bonchev–Trinajstić information content (AvgIpc) is 3.11. The normalized spacial score (nSPS) is 15.5. The minimum absolute atomic E-state index is 0.634. The average molecular weight is 196 g/mol. The largest absolute Gasteiger partial charge is 0.298 e. The van der Waals surface area contributed by atoms with Gasteiger partial charge in [-0.05, 0) is 35.1 Å². The molecule has 1 heteroatoms. The number of carbonyl (C=O) groups is 1. The molecule has 3 rings (SSSR count). The molecule has 0 saturated heterocycles. The van der Waals surface area contributed by atoms with E-state index >= 15 is 0 Å². The predicted molar refractivity (Wildman–Crippen MR) is 61.3 cm³/mol. The first kappa shape index (κ1) is 8.66. The van der Waals surface area contributed by atoms with Crippen molar-refractivity contribution in [1.29, 1.82) is 0 Å². The highest BCUT2D eigenvalue weighted by atomic mass is 16.1. The van der Waals surface area contributed by atoms with Gasteiger partial charge in [-0.25, -0.2) is 0 Å². The van der Waals surface area contributed by atoms with Gasteiger partial charge in [0.1, 0.15) is 0 Å². The Morgan fingerprint density at radius 1 is 1.07 bits per heavy atom. The molecule has 0 bridgehead atoms. The zero-order valence-electron chi connectivity index (χ0n) is 8.44. The summed E-state index contributed by atoms with van der Waals surface area (Å²) in [6, 6.07) is 12.3. The summed E-state index contributed by atoms with van der Waals surface area (Å²) in [4.78, 5) is 11.2. The molecule has 0 spiro atoms. The first-order chi connectivity index (χ1) is 7.40. The Kier molecular flexibility index (Phi) is 1.84. The number of hydrogen-bond donors (Lipinski definition) is 0. The summed E-state index contributed by atoms with van der Waals surface area (Å²) < 4.78 is 0. The highest BCUT2D eigenvalue weighted by molar-refractivity contribution is 5.99. The minimum atomic E-state index is 0.634. The zero-order valence-corrected chi connectivity index (χ0v) is 8.44. The molecule has 0 aromatic heterocycles. The van der Waals surface area contributed by atoms with Crippen LogP contribution in [0.25, 0.3) is 10.8 Å². The van der Waals surface area contributed by atoms with Gasteiger partial charge in [0.25, 0.3) is 0 Å². The van der Waals surface area contributed by atoms with Gasteiger partial charge < -0.3 is 0 Å². The Balaban J connectivity index is 2.33. The zero-order chi connectivity index (χ0) is 10.3. The third-order valence-electron chi connectivity index (χ3n) is 3.14. The Morgan fingerprint density at radius 2 is 1.87 bits per heavy atom. The molecule has 1 aliphatic carbocycles. The van der Waals surface area contributed by atoms with Gasteiger partial charge in [0.2, 0.25) is 0 Å². The maximum absolute atomic E-state index is 11.2. The number of carbonyl (C=O) groups excluding carboxylic acids is 1. The predicted octanol–water partition coefficient (Wildman–Crippen LogP) is 3.53. The van der Waals surface area contributed by atoms with Gasteiger partial charge in [0, 0.05) is 5.56 Å². The molecule has 74 valence electrons. The van der Waals surface area contributed by atoms with Crippen LogP contribution in [-0.2, 0) is 0 Å². The second-order valence-corrected chi connectivity index (χ2v) is 4.18. The van der Waals surface area contributed by atoms with E-state index in [1.165, 1.54) is 18.4 Å². The van der Waals surface area contributed by atoms with Crippen molar-refractivity contribution in [3.63, 3.8) is 0 Å². The van der Waals surface area contributed by atoms with E-state index in [1.54, 1.807) is 0 Å². The lowest BCUT2D eigenvalue weighted by Gasteiger charge is -2.06. The number of benzene rings is 2. The lowest BCUT2D eigenvalue weighted by Crippen LogP contribution is -1.91. The van der Waals surface area contributed by atoms with Crippen LogP contribution in [0.15, 0.2) is 36.4 Å². The molecule has 1 saturated carbocycles. The number of rotatable bonds is 2. The topological polar surface area (TPSA) is 17.1 Å². The molecule has 0 atom stereocenters. The molecule has 0 unspecified atom stereocenters. The van der Waals surface area contributed by atoms with Crippen LogP contribution in [0.5, 0.6) is 0 Å². The minimum Gasteiger partial charge on any atom is -0.298 e. The van der Waals surface area contributed by atoms with E-state index in [4.69, 9.17) is 0 Å². The number of fused-ring (bicyclic) bond motifs is 1. The molecule has 1 fully saturated rings. The van der Waals surface area contributed by atoms with E-state index in [0.717, 1.165) is 22.6 Å². The van der Waals surface area contributed by atoms with Crippen molar-refractivity contribution in [1.82, 2.24) is 0 Å². The van der Waals surface area contributed by atoms with Crippen LogP contribution in [0.2, 0.25) is 0 Å². The van der Waals surface area contributed by atoms with Gasteiger partial charge in [0.05, 0.1) is 0 Å². The maximum Gasteiger partial charge on any atom is 0.150 e. The third-order valence-corrected chi connectivity index (χ3v) is 3.14. The third kappa shape index (κ3) is 1.35. The summed E-state index contributed by atoms with van der Waals surface area (Å²) in [6.07, 6.45) is 3.48. The summed E-state index contributed by atoms with van der Waals surface area (Å²) >= 11 is 0. The fraction of sp³-hybridized carbons (Fsp3) is 0.214. The second kappa shape index (κ2) is 3.20. The van der Waals surface area contributed by atoms with Crippen molar-refractivity contribution in [2.45, 2.75) is 18.8 Å². The van der Waals surface area contributed by atoms with Crippen LogP contribution < -0.4 is 0 Å². The number of aldehydes is 1. The fourth-order valence-corrected chi connectivity index (χ4v) is 2.19. The van der Waals surface area contributed by atoms with E-state index in [1.807, 2.05) is 18.2 Å². The summed E-state index contributed by atoms with van der Waals surface area (Å²) in [5.74, 6) is 0.634. The molecule has 0 aliphatic heterocycles. The van der Waals surface area contributed by atoms with Crippen LogP contribution in [0.3, 0.4) is 0 Å². The summed E-state index contributed by atoms with van der Waals surface area (Å²) in [5.41, 5.74) is 2.14. The Bertz CT molecular complexity index is 524. The lowest BCUT2D eigenvalue weighted by atomic mass is 9.97. The smallest absolute Gasteiger partial charge is 0.150 e. The molecule has 0 heterocycles. The van der Waals surface area contributed by atoms with Gasteiger partial charge in [-0.2, -0.15) is 0 Å². The van der Waals surface area contributed by atoms with Crippen molar-refractivity contribution in [2.24, 2.45) is 0 Å². The van der Waals surface area contributed by atoms with Gasteiger partial charge in [-0.3, -0.25) is 4.79 Å². The molecule has 0 N–H and O–H groups in total. The van der Waals surface area contributed by atoms with Crippen LogP contribution in [0, 0.1) is 0 Å². The van der Waals surface area contributed by atoms with Crippen molar-refractivity contribution in [3.05, 3.63) is 47.5 Å². The van der Waals surface area contributed by atoms with E-state index in [0.29, 0.717) is 5.92 Å². The second-order valence-electron chi connectivity index (χ2n) is 4.18. The van der Waals surface area contributed by atoms with Gasteiger partial charge in [-0.1, -0.05) is 36.4 Å². The number of hydrogen-bond acceptors (Lipinski definition) is 1. The lowest BCUT2D eigenvalue weighted by molar-refractivity contribution is 0.112. The van der Waals surface area contributed by atoms with Crippen molar-refractivity contribution in [2.75, 3.05) is 0 Å². The maximum atomic E-state index is 11.2. The van der Waals surface area contributed by atoms with Crippen LogP contribution in [-0.4, -0.2) is 6.29 Å². The SMILES string of the molecule is O=Cc1c(C2CC2)ccc2ccccc12. The summed E-state index contributed by atoms with van der Waals surface area (Å²) in [5, 5.41) is 2.25. The van der Waals surface area contributed by atoms with Crippen LogP contribution in [0.1, 0.15) is 34.7 Å². The molecule has 2 aromatic rings. The highest BCUT2D eigenvalue weighted by Crippen LogP contribution is 2.42. The van der Waals surface area contributed by atoms with Crippen molar-refractivity contribution < 1.29 is 4.79 Å². The standard InChI is InChI=1S/C14H12O/c15-9-14-12-4-2-1-3-10(12)7-8-13(14)11-5-6-11/h1-4,7-9,11H,5-6H2. The molecule has 1 aliphatic rings. The van der Waals surface area contributed by atoms with Crippen LogP contribution >= 0.6 is 0 Å². The van der Waals surface area contributed by atoms with Gasteiger partial charge in [-0.15, -0.1) is 0 Å². The highest BCUT2D eigenvalue weighted by Gasteiger charge is 2.26. The van der Waals surface area contributed by atoms with Crippen molar-refractivity contribution >= 4 is 17.1 Å². The molecular weight excluding hydrogens is 184 g/mol. The molecule has 0 amide bonds. The Hall–Kier alpha value is -1.63. The van der Waals surface area contributed by atoms with E-state index < -0.39 is 0 Å². The summed E-state index contributed by atoms with van der Waals surface area (Å²) in [6.45, 7) is 0. The molecule has 0 radical (unpaired) electrons.